The fourth-order valence-corrected chi connectivity index (χ4v) is 3.27. The van der Waals surface area contributed by atoms with Gasteiger partial charge in [-0.15, -0.1) is 15.3 Å². The van der Waals surface area contributed by atoms with Gasteiger partial charge in [-0.25, -0.2) is 0 Å². The smallest absolute Gasteiger partial charge is 0.190 e. The van der Waals surface area contributed by atoms with Gasteiger partial charge in [0.1, 0.15) is 6.33 Å². The maximum Gasteiger partial charge on any atom is 0.235 e. The summed E-state index contributed by atoms with van der Waals surface area (Å²) in [5.41, 5.74) is 1.23. The molecule has 0 unspecified atom stereocenters. The fourth-order valence-electron chi connectivity index (χ4n) is 1.33. The van der Waals surface area contributed by atoms with Crippen molar-refractivity contribution in [1.82, 2.24) is 19.8 Å². The van der Waals surface area contributed by atoms with E-state index in [2.05, 4.69) is 15.3 Å². The molecule has 0 saturated carbocycles. The molecular formula is C10H7ClN4S2. The highest BCUT2D eigenvalue weighted by Gasteiger charge is 2.05. The van der Waals surface area contributed by atoms with Crippen LogP contribution in [0.5, 0.6) is 0 Å². The Morgan fingerprint density at radius 2 is 2.12 bits per heavy atom. The molecule has 1 aromatic carbocycles. The average Bonchev–Trinajstić information content (AvgIpc) is 2.88. The normalized spacial score (nSPS) is 11.1. The molecule has 0 radical (unpaired) electrons. The molecule has 7 heteroatoms. The lowest BCUT2D eigenvalue weighted by molar-refractivity contribution is 0.902. The first-order valence-electron chi connectivity index (χ1n) is 4.85. The highest BCUT2D eigenvalue weighted by Crippen LogP contribution is 2.27. The highest BCUT2D eigenvalue weighted by atomic mass is 35.5. The van der Waals surface area contributed by atoms with Gasteiger partial charge in [0.15, 0.2) is 4.34 Å². The third kappa shape index (κ3) is 2.43. The number of hydrogen-bond acceptors (Lipinski definition) is 5. The predicted molar refractivity (Wildman–Crippen MR) is 69.7 cm³/mol. The van der Waals surface area contributed by atoms with Crippen LogP contribution in [0.3, 0.4) is 0 Å². The van der Waals surface area contributed by atoms with Crippen molar-refractivity contribution in [3.63, 3.8) is 0 Å². The number of hydrogen-bond donors (Lipinski definition) is 0. The molecule has 0 aliphatic carbocycles. The number of thioether (sulfide) groups is 1. The molecule has 0 amide bonds. The van der Waals surface area contributed by atoms with E-state index >= 15 is 0 Å². The summed E-state index contributed by atoms with van der Waals surface area (Å²) in [6, 6.07) is 7.84. The van der Waals surface area contributed by atoms with Crippen molar-refractivity contribution in [3.8, 4) is 0 Å². The first kappa shape index (κ1) is 11.0. The Morgan fingerprint density at radius 1 is 1.29 bits per heavy atom. The lowest BCUT2D eigenvalue weighted by Gasteiger charge is -1.98. The number of nitrogens with zero attached hydrogens (tertiary/aromatic N) is 4. The van der Waals surface area contributed by atoms with Gasteiger partial charge >= 0.3 is 0 Å². The van der Waals surface area contributed by atoms with Crippen LogP contribution in [0.4, 0.5) is 0 Å². The van der Waals surface area contributed by atoms with Crippen molar-refractivity contribution in [2.45, 2.75) is 10.1 Å². The molecule has 2 aromatic heterocycles. The van der Waals surface area contributed by atoms with Crippen molar-refractivity contribution in [2.24, 2.45) is 0 Å². The summed E-state index contributed by atoms with van der Waals surface area (Å²) in [5, 5.41) is 12.8. The Bertz CT molecular complexity index is 603. The van der Waals surface area contributed by atoms with E-state index in [1.54, 1.807) is 33.9 Å². The molecule has 0 spiro atoms. The van der Waals surface area contributed by atoms with Crippen LogP contribution in [-0.2, 0) is 5.75 Å². The molecule has 2 heterocycles. The summed E-state index contributed by atoms with van der Waals surface area (Å²) in [4.78, 5) is 0.823. The molecule has 0 aliphatic heterocycles. The summed E-state index contributed by atoms with van der Waals surface area (Å²) < 4.78 is 2.68. The molecular weight excluding hydrogens is 276 g/mol. The number of rotatable bonds is 3. The summed E-state index contributed by atoms with van der Waals surface area (Å²) in [7, 11) is 0. The Labute approximate surface area is 111 Å². The van der Waals surface area contributed by atoms with Crippen LogP contribution in [0.25, 0.3) is 4.96 Å². The Morgan fingerprint density at radius 3 is 2.88 bits per heavy atom. The summed E-state index contributed by atoms with van der Waals surface area (Å²) >= 11 is 9.06. The molecule has 3 aromatic rings. The van der Waals surface area contributed by atoms with Gasteiger partial charge in [-0.3, -0.25) is 0 Å². The zero-order valence-electron chi connectivity index (χ0n) is 8.58. The van der Waals surface area contributed by atoms with Gasteiger partial charge < -0.3 is 0 Å². The fraction of sp³-hybridized carbons (Fsp3) is 0.100. The van der Waals surface area contributed by atoms with Crippen LogP contribution in [0.15, 0.2) is 34.9 Å². The lowest BCUT2D eigenvalue weighted by Crippen LogP contribution is -1.82. The molecule has 0 fully saturated rings. The van der Waals surface area contributed by atoms with Crippen molar-refractivity contribution >= 4 is 39.7 Å². The first-order chi connectivity index (χ1) is 8.31. The van der Waals surface area contributed by atoms with E-state index in [1.165, 1.54) is 5.56 Å². The first-order valence-corrected chi connectivity index (χ1v) is 7.03. The minimum atomic E-state index is 0.762. The third-order valence-corrected chi connectivity index (χ3v) is 4.51. The van der Waals surface area contributed by atoms with Crippen molar-refractivity contribution in [1.29, 1.82) is 0 Å². The van der Waals surface area contributed by atoms with Crippen LogP contribution < -0.4 is 0 Å². The highest BCUT2D eigenvalue weighted by molar-refractivity contribution is 8.00. The molecule has 0 N–H and O–H groups in total. The zero-order valence-corrected chi connectivity index (χ0v) is 11.0. The number of aromatic nitrogens is 4. The van der Waals surface area contributed by atoms with Gasteiger partial charge in [0.25, 0.3) is 0 Å². The number of halogens is 1. The number of benzene rings is 1. The standard InChI is InChI=1S/C10H7ClN4S2/c11-8-3-1-7(2-4-8)5-16-10-14-15-6-12-13-9(15)17-10/h1-4,6H,5H2. The van der Waals surface area contributed by atoms with Crippen LogP contribution >= 0.6 is 34.7 Å². The molecule has 4 nitrogen and oxygen atoms in total. The average molecular weight is 283 g/mol. The SMILES string of the molecule is Clc1ccc(CSc2nn3cnnc3s2)cc1. The van der Waals surface area contributed by atoms with Crippen molar-refractivity contribution < 1.29 is 0 Å². The maximum absolute atomic E-state index is 5.83. The number of fused-ring (bicyclic) bond motifs is 1. The summed E-state index contributed by atoms with van der Waals surface area (Å²) in [6.07, 6.45) is 1.61. The zero-order chi connectivity index (χ0) is 11.7. The molecule has 86 valence electrons. The van der Waals surface area contributed by atoms with Crippen molar-refractivity contribution in [3.05, 3.63) is 41.2 Å². The van der Waals surface area contributed by atoms with Gasteiger partial charge in [-0.2, -0.15) is 4.52 Å². The minimum absolute atomic E-state index is 0.762. The van der Waals surface area contributed by atoms with E-state index in [9.17, 15) is 0 Å². The van der Waals surface area contributed by atoms with Gasteiger partial charge in [-0.05, 0) is 17.7 Å². The Balaban J connectivity index is 1.71. The minimum Gasteiger partial charge on any atom is -0.190 e. The van der Waals surface area contributed by atoms with Crippen molar-refractivity contribution in [2.75, 3.05) is 0 Å². The topological polar surface area (TPSA) is 43.1 Å². The monoisotopic (exact) mass is 282 g/mol. The third-order valence-electron chi connectivity index (χ3n) is 2.14. The van der Waals surface area contributed by atoms with E-state index in [4.69, 9.17) is 11.6 Å². The Kier molecular flexibility index (Phi) is 3.00. The quantitative estimate of drug-likeness (QED) is 0.692. The van der Waals surface area contributed by atoms with Crippen LogP contribution in [0.2, 0.25) is 5.02 Å². The Hall–Kier alpha value is -1.11. The van der Waals surface area contributed by atoms with Gasteiger partial charge in [0.2, 0.25) is 4.96 Å². The molecule has 0 bridgehead atoms. The second kappa shape index (κ2) is 4.64. The molecule has 0 aliphatic rings. The summed E-state index contributed by atoms with van der Waals surface area (Å²) in [5.74, 6) is 0.876. The van der Waals surface area contributed by atoms with Gasteiger partial charge in [-0.1, -0.05) is 46.8 Å². The predicted octanol–water partition coefficient (Wildman–Crippen LogP) is 3.13. The van der Waals surface area contributed by atoms with Crippen LogP contribution in [0.1, 0.15) is 5.56 Å². The second-order valence-corrected chi connectivity index (χ2v) is 5.96. The van der Waals surface area contributed by atoms with Gasteiger partial charge in [0.05, 0.1) is 0 Å². The van der Waals surface area contributed by atoms with E-state index in [0.29, 0.717) is 0 Å². The van der Waals surface area contributed by atoms with E-state index in [1.807, 2.05) is 24.3 Å². The largest absolute Gasteiger partial charge is 0.235 e. The maximum atomic E-state index is 5.83. The van der Waals surface area contributed by atoms with E-state index < -0.39 is 0 Å². The van der Waals surface area contributed by atoms with Crippen LogP contribution in [-0.4, -0.2) is 19.8 Å². The van der Waals surface area contributed by atoms with Gasteiger partial charge in [0, 0.05) is 10.8 Å². The molecule has 0 atom stereocenters. The van der Waals surface area contributed by atoms with Crippen LogP contribution in [0, 0.1) is 0 Å². The molecule has 0 saturated heterocycles. The second-order valence-electron chi connectivity index (χ2n) is 3.34. The lowest BCUT2D eigenvalue weighted by atomic mass is 10.2. The summed E-state index contributed by atoms with van der Waals surface area (Å²) in [6.45, 7) is 0. The van der Waals surface area contributed by atoms with E-state index in [-0.39, 0.29) is 0 Å². The molecule has 17 heavy (non-hydrogen) atoms. The molecule has 3 rings (SSSR count). The van der Waals surface area contributed by atoms with E-state index in [0.717, 1.165) is 20.1 Å².